The minimum Gasteiger partial charge on any atom is -0.504 e. The Kier molecular flexibility index (Phi) is 3.54. The first-order valence-corrected chi connectivity index (χ1v) is 7.77. The highest BCUT2D eigenvalue weighted by Gasteiger charge is 2.35. The number of imide groups is 1. The van der Waals surface area contributed by atoms with Gasteiger partial charge in [-0.3, -0.25) is 28.8 Å². The third-order valence-electron chi connectivity index (χ3n) is 4.30. The SMILES string of the molecule is O=C1Cn2c(c(O)c3ncccc3c2=O)C(=O)N1Cc1ccc(F)cc1. The number of hydrogen-bond donors (Lipinski definition) is 1. The average Bonchev–Trinajstić information content (AvgIpc) is 2.64. The van der Waals surface area contributed by atoms with Crippen LogP contribution in [-0.2, 0) is 17.9 Å². The number of aromatic nitrogens is 2. The van der Waals surface area contributed by atoms with Crippen LogP contribution in [0.5, 0.6) is 5.75 Å². The third kappa shape index (κ3) is 2.34. The zero-order valence-corrected chi connectivity index (χ0v) is 13.3. The molecule has 7 nitrogen and oxygen atoms in total. The van der Waals surface area contributed by atoms with Crippen molar-refractivity contribution in [1.29, 1.82) is 0 Å². The van der Waals surface area contributed by atoms with Crippen LogP contribution >= 0.6 is 0 Å². The number of amides is 2. The molecule has 1 aliphatic rings. The normalized spacial score (nSPS) is 14.0. The Morgan fingerprint density at radius 2 is 1.85 bits per heavy atom. The Balaban J connectivity index is 1.83. The maximum atomic E-state index is 13.0. The zero-order chi connectivity index (χ0) is 18.4. The lowest BCUT2D eigenvalue weighted by atomic mass is 10.1. The number of rotatable bonds is 2. The predicted octanol–water partition coefficient (Wildman–Crippen LogP) is 1.42. The van der Waals surface area contributed by atoms with Crippen LogP contribution in [0.3, 0.4) is 0 Å². The van der Waals surface area contributed by atoms with Crippen molar-refractivity contribution in [1.82, 2.24) is 14.5 Å². The van der Waals surface area contributed by atoms with E-state index in [2.05, 4.69) is 4.98 Å². The Labute approximate surface area is 145 Å². The second kappa shape index (κ2) is 5.76. The number of nitrogens with zero attached hydrogens (tertiary/aromatic N) is 3. The van der Waals surface area contributed by atoms with Gasteiger partial charge in [-0.05, 0) is 29.8 Å². The van der Waals surface area contributed by atoms with Crippen molar-refractivity contribution in [2.45, 2.75) is 13.1 Å². The van der Waals surface area contributed by atoms with E-state index in [0.717, 1.165) is 9.47 Å². The quantitative estimate of drug-likeness (QED) is 0.704. The van der Waals surface area contributed by atoms with E-state index in [4.69, 9.17) is 0 Å². The molecule has 130 valence electrons. The van der Waals surface area contributed by atoms with Crippen LogP contribution in [0, 0.1) is 5.82 Å². The summed E-state index contributed by atoms with van der Waals surface area (Å²) >= 11 is 0. The number of benzene rings is 1. The number of pyridine rings is 2. The molecule has 3 aromatic rings. The van der Waals surface area contributed by atoms with Crippen molar-refractivity contribution in [3.63, 3.8) is 0 Å². The van der Waals surface area contributed by atoms with Crippen molar-refractivity contribution in [2.24, 2.45) is 0 Å². The standard InChI is InChI=1S/C18H12FN3O4/c19-11-5-3-10(4-6-11)8-21-13(23)9-22-15(18(21)26)16(24)14-12(17(22)25)2-1-7-20-14/h1-7,24H,8-9H2. The Hall–Kier alpha value is -3.55. The summed E-state index contributed by atoms with van der Waals surface area (Å²) in [7, 11) is 0. The maximum Gasteiger partial charge on any atom is 0.281 e. The van der Waals surface area contributed by atoms with E-state index in [9.17, 15) is 23.9 Å². The lowest BCUT2D eigenvalue weighted by molar-refractivity contribution is -0.130. The Morgan fingerprint density at radius 1 is 1.12 bits per heavy atom. The highest BCUT2D eigenvalue weighted by molar-refractivity contribution is 6.09. The summed E-state index contributed by atoms with van der Waals surface area (Å²) in [5.74, 6) is -2.26. The summed E-state index contributed by atoms with van der Waals surface area (Å²) in [6.07, 6.45) is 1.40. The zero-order valence-electron chi connectivity index (χ0n) is 13.3. The van der Waals surface area contributed by atoms with Crippen LogP contribution in [-0.4, -0.2) is 31.4 Å². The molecule has 1 aromatic carbocycles. The number of hydrogen-bond acceptors (Lipinski definition) is 5. The molecule has 1 aliphatic heterocycles. The first kappa shape index (κ1) is 15.9. The summed E-state index contributed by atoms with van der Waals surface area (Å²) in [6, 6.07) is 8.36. The molecule has 0 atom stereocenters. The van der Waals surface area contributed by atoms with Crippen LogP contribution in [0.2, 0.25) is 0 Å². The predicted molar refractivity (Wildman–Crippen MR) is 88.9 cm³/mol. The summed E-state index contributed by atoms with van der Waals surface area (Å²) < 4.78 is 14.0. The smallest absolute Gasteiger partial charge is 0.281 e. The molecule has 0 saturated carbocycles. The van der Waals surface area contributed by atoms with Crippen molar-refractivity contribution in [3.8, 4) is 5.75 Å². The molecule has 4 rings (SSSR count). The van der Waals surface area contributed by atoms with E-state index >= 15 is 0 Å². The van der Waals surface area contributed by atoms with Crippen LogP contribution in [0.1, 0.15) is 16.1 Å². The van der Waals surface area contributed by atoms with Gasteiger partial charge in [-0.25, -0.2) is 4.39 Å². The fourth-order valence-corrected chi connectivity index (χ4v) is 3.02. The van der Waals surface area contributed by atoms with E-state index in [1.54, 1.807) is 0 Å². The first-order valence-electron chi connectivity index (χ1n) is 7.77. The van der Waals surface area contributed by atoms with Crippen LogP contribution in [0.25, 0.3) is 10.9 Å². The lowest BCUT2D eigenvalue weighted by Gasteiger charge is -2.28. The molecule has 0 saturated heterocycles. The Bertz CT molecular complexity index is 1120. The molecular formula is C18H12FN3O4. The summed E-state index contributed by atoms with van der Waals surface area (Å²) in [5, 5.41) is 10.6. The molecule has 8 heteroatoms. The van der Waals surface area contributed by atoms with E-state index in [1.165, 1.54) is 42.6 Å². The molecule has 1 N–H and O–H groups in total. The average molecular weight is 353 g/mol. The van der Waals surface area contributed by atoms with E-state index < -0.39 is 28.9 Å². The summed E-state index contributed by atoms with van der Waals surface area (Å²) in [5.41, 5.74) is -0.289. The first-order chi connectivity index (χ1) is 12.5. The Morgan fingerprint density at radius 3 is 2.58 bits per heavy atom. The number of carbonyl (C=O) groups is 2. The monoisotopic (exact) mass is 353 g/mol. The van der Waals surface area contributed by atoms with Gasteiger partial charge in [0.1, 0.15) is 17.9 Å². The van der Waals surface area contributed by atoms with Gasteiger partial charge in [-0.1, -0.05) is 12.1 Å². The molecule has 3 heterocycles. The van der Waals surface area contributed by atoms with Gasteiger partial charge in [-0.2, -0.15) is 0 Å². The lowest BCUT2D eigenvalue weighted by Crippen LogP contribution is -2.47. The maximum absolute atomic E-state index is 13.0. The highest BCUT2D eigenvalue weighted by Crippen LogP contribution is 2.28. The minimum absolute atomic E-state index is 0.00758. The van der Waals surface area contributed by atoms with E-state index in [0.29, 0.717) is 5.56 Å². The second-order valence-electron chi connectivity index (χ2n) is 5.90. The molecule has 0 bridgehead atoms. The van der Waals surface area contributed by atoms with Crippen LogP contribution in [0.4, 0.5) is 4.39 Å². The summed E-state index contributed by atoms with van der Waals surface area (Å²) in [6.45, 7) is -0.467. The van der Waals surface area contributed by atoms with Gasteiger partial charge in [0, 0.05) is 6.20 Å². The minimum atomic E-state index is -0.798. The highest BCUT2D eigenvalue weighted by atomic mass is 19.1. The van der Waals surface area contributed by atoms with Gasteiger partial charge in [0.25, 0.3) is 11.5 Å². The molecule has 0 spiro atoms. The van der Waals surface area contributed by atoms with Gasteiger partial charge >= 0.3 is 0 Å². The molecular weight excluding hydrogens is 341 g/mol. The van der Waals surface area contributed by atoms with Gasteiger partial charge in [0.2, 0.25) is 5.91 Å². The third-order valence-corrected chi connectivity index (χ3v) is 4.30. The number of fused-ring (bicyclic) bond motifs is 2. The fourth-order valence-electron chi connectivity index (χ4n) is 3.02. The van der Waals surface area contributed by atoms with Crippen molar-refractivity contribution in [3.05, 3.63) is 70.0 Å². The fraction of sp³-hybridized carbons (Fsp3) is 0.111. The largest absolute Gasteiger partial charge is 0.504 e. The molecule has 0 fully saturated rings. The molecule has 2 amide bonds. The van der Waals surface area contributed by atoms with Gasteiger partial charge in [0.15, 0.2) is 11.4 Å². The second-order valence-corrected chi connectivity index (χ2v) is 5.90. The van der Waals surface area contributed by atoms with Crippen LogP contribution < -0.4 is 5.56 Å². The molecule has 0 aliphatic carbocycles. The summed E-state index contributed by atoms with van der Waals surface area (Å²) in [4.78, 5) is 42.7. The van der Waals surface area contributed by atoms with Gasteiger partial charge in [-0.15, -0.1) is 0 Å². The number of halogens is 1. The van der Waals surface area contributed by atoms with E-state index in [-0.39, 0.29) is 29.7 Å². The number of aromatic hydroxyl groups is 1. The topological polar surface area (TPSA) is 92.5 Å². The van der Waals surface area contributed by atoms with Crippen molar-refractivity contribution in [2.75, 3.05) is 0 Å². The van der Waals surface area contributed by atoms with Gasteiger partial charge < -0.3 is 5.11 Å². The molecule has 0 unspecified atom stereocenters. The molecule has 2 aromatic heterocycles. The molecule has 0 radical (unpaired) electrons. The van der Waals surface area contributed by atoms with E-state index in [1.807, 2.05) is 0 Å². The molecule has 26 heavy (non-hydrogen) atoms. The van der Waals surface area contributed by atoms with Crippen LogP contribution in [0.15, 0.2) is 47.4 Å². The van der Waals surface area contributed by atoms with Gasteiger partial charge in [0.05, 0.1) is 11.9 Å². The van der Waals surface area contributed by atoms with Crippen molar-refractivity contribution >= 4 is 22.7 Å². The van der Waals surface area contributed by atoms with Crippen molar-refractivity contribution < 1.29 is 19.1 Å². The number of carbonyl (C=O) groups excluding carboxylic acids is 2.